The summed E-state index contributed by atoms with van der Waals surface area (Å²) in [4.78, 5) is 53.4. The number of hydrogen-bond donors (Lipinski definition) is 3. The number of hydrogen-bond acceptors (Lipinski definition) is 4. The number of carboxylic acid groups (broad SMARTS) is 1. The number of amides is 4. The first-order valence-electron chi connectivity index (χ1n) is 12.5. The van der Waals surface area contributed by atoms with E-state index in [4.69, 9.17) is 23.2 Å². The van der Waals surface area contributed by atoms with Gasteiger partial charge in [0.1, 0.15) is 6.04 Å². The Labute approximate surface area is 236 Å². The van der Waals surface area contributed by atoms with Gasteiger partial charge < -0.3 is 25.5 Å². The predicted octanol–water partition coefficient (Wildman–Crippen LogP) is 3.43. The number of carbonyl (C=O) groups excluding carboxylic acids is 3. The maximum atomic E-state index is 13.1. The minimum Gasteiger partial charge on any atom is -0.480 e. The fraction of sp³-hybridized carbons (Fsp3) is 0.357. The Bertz CT molecular complexity index is 1350. The third-order valence-corrected chi connectivity index (χ3v) is 7.23. The molecule has 0 aromatic heterocycles. The van der Waals surface area contributed by atoms with E-state index >= 15 is 0 Å². The molecule has 9 nitrogen and oxygen atoms in total. The van der Waals surface area contributed by atoms with Gasteiger partial charge in [-0.05, 0) is 36.5 Å². The van der Waals surface area contributed by atoms with Gasteiger partial charge in [-0.1, -0.05) is 65.4 Å². The van der Waals surface area contributed by atoms with E-state index in [0.717, 1.165) is 18.4 Å². The fourth-order valence-electron chi connectivity index (χ4n) is 4.17. The number of aliphatic carboxylic acids is 1. The Morgan fingerprint density at radius 3 is 2.59 bits per heavy atom. The third-order valence-electron chi connectivity index (χ3n) is 6.52. The smallest absolute Gasteiger partial charge is 0.328 e. The van der Waals surface area contributed by atoms with Crippen molar-refractivity contribution in [1.82, 2.24) is 20.4 Å². The van der Waals surface area contributed by atoms with Crippen LogP contribution in [-0.4, -0.2) is 71.4 Å². The average molecular weight is 571 g/mol. The molecule has 39 heavy (non-hydrogen) atoms. The summed E-state index contributed by atoms with van der Waals surface area (Å²) in [5.74, 6) is 4.16. The van der Waals surface area contributed by atoms with Crippen LogP contribution in [0.4, 0.5) is 4.79 Å². The summed E-state index contributed by atoms with van der Waals surface area (Å²) in [6.45, 7) is 0.640. The Kier molecular flexibility index (Phi) is 9.00. The number of carboxylic acids is 1. The first-order valence-corrected chi connectivity index (χ1v) is 13.3. The van der Waals surface area contributed by atoms with Gasteiger partial charge in [0.15, 0.2) is 0 Å². The zero-order chi connectivity index (χ0) is 28.1. The highest BCUT2D eigenvalue weighted by molar-refractivity contribution is 6.41. The van der Waals surface area contributed by atoms with Crippen molar-refractivity contribution in [3.8, 4) is 11.8 Å². The van der Waals surface area contributed by atoms with Gasteiger partial charge in [-0.25, -0.2) is 9.59 Å². The quantitative estimate of drug-likeness (QED) is 0.420. The molecule has 2 aromatic rings. The Morgan fingerprint density at radius 2 is 1.92 bits per heavy atom. The van der Waals surface area contributed by atoms with E-state index in [0.29, 0.717) is 43.1 Å². The van der Waals surface area contributed by atoms with Crippen LogP contribution in [0.15, 0.2) is 36.4 Å². The highest BCUT2D eigenvalue weighted by atomic mass is 35.5. The van der Waals surface area contributed by atoms with Crippen molar-refractivity contribution in [3.63, 3.8) is 0 Å². The number of urea groups is 1. The molecule has 1 aliphatic carbocycles. The van der Waals surface area contributed by atoms with Crippen molar-refractivity contribution < 1.29 is 24.3 Å². The average Bonchev–Trinajstić information content (AvgIpc) is 3.73. The van der Waals surface area contributed by atoms with Gasteiger partial charge >= 0.3 is 12.0 Å². The van der Waals surface area contributed by atoms with Crippen molar-refractivity contribution in [3.05, 3.63) is 68.7 Å². The molecule has 1 saturated carbocycles. The summed E-state index contributed by atoms with van der Waals surface area (Å²) in [7, 11) is 1.57. The molecule has 4 amide bonds. The minimum absolute atomic E-state index is 0.00262. The normalized spacial score (nSPS) is 14.9. The van der Waals surface area contributed by atoms with Crippen LogP contribution < -0.4 is 10.6 Å². The van der Waals surface area contributed by atoms with Gasteiger partial charge in [-0.3, -0.25) is 9.59 Å². The fourth-order valence-corrected chi connectivity index (χ4v) is 4.89. The first-order chi connectivity index (χ1) is 18.7. The molecule has 0 radical (unpaired) electrons. The van der Waals surface area contributed by atoms with Crippen LogP contribution in [0, 0.1) is 17.8 Å². The number of fused-ring (bicyclic) bond motifs is 1. The summed E-state index contributed by atoms with van der Waals surface area (Å²) in [5, 5.41) is 14.5. The molecule has 0 saturated heterocycles. The van der Waals surface area contributed by atoms with Crippen LogP contribution in [0.5, 0.6) is 0 Å². The summed E-state index contributed by atoms with van der Waals surface area (Å²) in [5.41, 5.74) is 1.56. The van der Waals surface area contributed by atoms with Crippen molar-refractivity contribution in [2.75, 3.05) is 26.7 Å². The number of carbonyl (C=O) groups is 4. The Balaban J connectivity index is 1.41. The van der Waals surface area contributed by atoms with Crippen molar-refractivity contribution in [2.24, 2.45) is 5.92 Å². The molecule has 1 atom stereocenters. The summed E-state index contributed by atoms with van der Waals surface area (Å²) < 4.78 is 0. The molecular weight excluding hydrogens is 543 g/mol. The molecule has 0 bridgehead atoms. The molecule has 204 valence electrons. The SMILES string of the molecule is CN(Cc1ccccc1)C(=O)NC[C@H](NC(=O)c1c(Cl)cc2c(c1Cl)CCN(CC#CC1CC1)C2=O)C(=O)O. The van der Waals surface area contributed by atoms with Gasteiger partial charge in [-0.15, -0.1) is 0 Å². The molecule has 0 unspecified atom stereocenters. The highest BCUT2D eigenvalue weighted by Crippen LogP contribution is 2.34. The molecule has 4 rings (SSSR count). The number of nitrogens with one attached hydrogen (secondary N) is 2. The van der Waals surface area contributed by atoms with E-state index in [1.807, 2.05) is 30.3 Å². The molecular formula is C28H28Cl2N4O5. The molecule has 2 aliphatic rings. The first kappa shape index (κ1) is 28.3. The van der Waals surface area contributed by atoms with Crippen molar-refractivity contribution in [2.45, 2.75) is 31.8 Å². The van der Waals surface area contributed by atoms with Crippen LogP contribution in [0.2, 0.25) is 10.0 Å². The highest BCUT2D eigenvalue weighted by Gasteiger charge is 2.31. The van der Waals surface area contributed by atoms with E-state index in [9.17, 15) is 24.3 Å². The lowest BCUT2D eigenvalue weighted by atomic mass is 9.95. The van der Waals surface area contributed by atoms with E-state index in [2.05, 4.69) is 22.5 Å². The molecule has 3 N–H and O–H groups in total. The van der Waals surface area contributed by atoms with E-state index in [-0.39, 0.29) is 28.1 Å². The van der Waals surface area contributed by atoms with Gasteiger partial charge in [0.2, 0.25) is 0 Å². The van der Waals surface area contributed by atoms with Crippen LogP contribution >= 0.6 is 23.2 Å². The lowest BCUT2D eigenvalue weighted by Gasteiger charge is -2.28. The van der Waals surface area contributed by atoms with Crippen molar-refractivity contribution in [1.29, 1.82) is 0 Å². The molecule has 1 heterocycles. The molecule has 1 aliphatic heterocycles. The van der Waals surface area contributed by atoms with E-state index < -0.39 is 23.9 Å². The topological polar surface area (TPSA) is 119 Å². The Morgan fingerprint density at radius 1 is 1.21 bits per heavy atom. The lowest BCUT2D eigenvalue weighted by molar-refractivity contribution is -0.139. The predicted molar refractivity (Wildman–Crippen MR) is 147 cm³/mol. The van der Waals surface area contributed by atoms with Gasteiger partial charge in [0.25, 0.3) is 11.8 Å². The van der Waals surface area contributed by atoms with Crippen LogP contribution in [0.25, 0.3) is 0 Å². The van der Waals surface area contributed by atoms with Crippen LogP contribution in [0.3, 0.4) is 0 Å². The van der Waals surface area contributed by atoms with Gasteiger partial charge in [0.05, 0.1) is 28.7 Å². The molecule has 2 aromatic carbocycles. The molecule has 1 fully saturated rings. The summed E-state index contributed by atoms with van der Waals surface area (Å²) in [6, 6.07) is 8.73. The monoisotopic (exact) mass is 570 g/mol. The number of nitrogens with zero attached hydrogens (tertiary/aromatic N) is 2. The zero-order valence-electron chi connectivity index (χ0n) is 21.3. The largest absolute Gasteiger partial charge is 0.480 e. The van der Waals surface area contributed by atoms with Crippen LogP contribution in [0.1, 0.15) is 44.7 Å². The lowest BCUT2D eigenvalue weighted by Crippen LogP contribution is -2.50. The molecule has 0 spiro atoms. The van der Waals surface area contributed by atoms with E-state index in [1.54, 1.807) is 11.9 Å². The second-order valence-electron chi connectivity index (χ2n) is 9.54. The standard InChI is InChI=1S/C28H28Cl2N4O5/c1-33(16-18-6-3-2-4-7-18)28(39)31-15-22(27(37)38)32-25(35)23-21(29)14-20-19(24(23)30)11-13-34(26(20)36)12-5-8-17-9-10-17/h2-4,6-7,14,17,22H,9-13,15-16H2,1H3,(H,31,39)(H,32,35)(H,37,38)/t22-/m0/s1. The van der Waals surface area contributed by atoms with Gasteiger partial charge in [-0.2, -0.15) is 0 Å². The zero-order valence-corrected chi connectivity index (χ0v) is 22.8. The minimum atomic E-state index is -1.45. The number of halogens is 2. The van der Waals surface area contributed by atoms with Gasteiger partial charge in [0, 0.05) is 31.6 Å². The second kappa shape index (κ2) is 12.4. The third kappa shape index (κ3) is 7.02. The summed E-state index contributed by atoms with van der Waals surface area (Å²) >= 11 is 12.9. The van der Waals surface area contributed by atoms with Crippen LogP contribution in [-0.2, 0) is 17.8 Å². The van der Waals surface area contributed by atoms with Crippen molar-refractivity contribution >= 4 is 47.0 Å². The van der Waals surface area contributed by atoms with E-state index in [1.165, 1.54) is 11.0 Å². The summed E-state index contributed by atoms with van der Waals surface area (Å²) in [6.07, 6.45) is 2.59. The number of benzene rings is 2. The maximum Gasteiger partial charge on any atom is 0.328 e. The molecule has 11 heteroatoms. The second-order valence-corrected chi connectivity index (χ2v) is 10.3. The number of rotatable bonds is 8. The maximum absolute atomic E-state index is 13.1. The Hall–Kier alpha value is -3.74.